The van der Waals surface area contributed by atoms with E-state index in [0.717, 1.165) is 19.4 Å². The smallest absolute Gasteiger partial charge is 0.294 e. The monoisotopic (exact) mass is 366 g/mol. The number of anilines is 4. The molecule has 0 amide bonds. The number of benzene rings is 1. The van der Waals surface area contributed by atoms with Crippen LogP contribution in [0.5, 0.6) is 0 Å². The van der Waals surface area contributed by atoms with E-state index in [1.165, 1.54) is 18.2 Å². The summed E-state index contributed by atoms with van der Waals surface area (Å²) < 4.78 is 31.7. The summed E-state index contributed by atoms with van der Waals surface area (Å²) in [6.45, 7) is 2.83. The number of nitrogens with one attached hydrogen (secondary N) is 2. The van der Waals surface area contributed by atoms with Crippen molar-refractivity contribution in [3.05, 3.63) is 24.3 Å². The van der Waals surface area contributed by atoms with Gasteiger partial charge in [0.25, 0.3) is 10.1 Å². The van der Waals surface area contributed by atoms with Gasteiger partial charge in [0.1, 0.15) is 0 Å². The maximum Gasteiger partial charge on any atom is 0.294 e. The summed E-state index contributed by atoms with van der Waals surface area (Å²) in [5.41, 5.74) is 0.436. The topological polar surface area (TPSA) is 120 Å². The number of hydrogen-bond donors (Lipinski definition) is 3. The molecule has 0 aliphatic carbocycles. The minimum atomic E-state index is -4.28. The number of nitrogens with zero attached hydrogens (tertiary/aromatic N) is 4. The minimum absolute atomic E-state index is 0.208. The third-order valence-electron chi connectivity index (χ3n) is 3.23. The van der Waals surface area contributed by atoms with Crippen LogP contribution in [-0.2, 0) is 10.1 Å². The largest absolute Gasteiger partial charge is 0.354 e. The Morgan fingerprint density at radius 2 is 1.88 bits per heavy atom. The minimum Gasteiger partial charge on any atom is -0.354 e. The first-order valence-corrected chi connectivity index (χ1v) is 9.25. The molecule has 0 unspecified atom stereocenters. The average molecular weight is 366 g/mol. The van der Waals surface area contributed by atoms with Crippen LogP contribution in [-0.4, -0.2) is 48.6 Å². The Bertz CT molecular complexity index is 826. The van der Waals surface area contributed by atoms with Crippen LogP contribution < -0.4 is 15.5 Å². The van der Waals surface area contributed by atoms with Crippen LogP contribution in [0.4, 0.5) is 23.5 Å². The summed E-state index contributed by atoms with van der Waals surface area (Å²) >= 11 is 0. The fourth-order valence-electron chi connectivity index (χ4n) is 1.94. The van der Waals surface area contributed by atoms with Gasteiger partial charge in [-0.05, 0) is 24.6 Å². The highest BCUT2D eigenvalue weighted by molar-refractivity contribution is 7.85. The number of aromatic nitrogens is 3. The third kappa shape index (κ3) is 5.54. The van der Waals surface area contributed by atoms with Crippen molar-refractivity contribution in [2.24, 2.45) is 0 Å². The molecule has 3 N–H and O–H groups in total. The molecule has 1 aromatic heterocycles. The Balaban J connectivity index is 2.28. The Labute approximate surface area is 147 Å². The lowest BCUT2D eigenvalue weighted by Crippen LogP contribution is -2.16. The Hall–Kier alpha value is -2.46. The summed E-state index contributed by atoms with van der Waals surface area (Å²) in [6.07, 6.45) is 2.04. The predicted octanol–water partition coefficient (Wildman–Crippen LogP) is 2.14. The zero-order chi connectivity index (χ0) is 18.4. The van der Waals surface area contributed by atoms with Gasteiger partial charge in [-0.15, -0.1) is 0 Å². The molecule has 0 atom stereocenters. The van der Waals surface area contributed by atoms with Gasteiger partial charge in [-0.1, -0.05) is 19.4 Å². The lowest BCUT2D eigenvalue weighted by Gasteiger charge is -2.14. The Kier molecular flexibility index (Phi) is 6.10. The third-order valence-corrected chi connectivity index (χ3v) is 4.07. The molecule has 0 radical (unpaired) electrons. The van der Waals surface area contributed by atoms with E-state index < -0.39 is 10.1 Å². The molecule has 25 heavy (non-hydrogen) atoms. The van der Waals surface area contributed by atoms with E-state index in [0.29, 0.717) is 17.6 Å². The summed E-state index contributed by atoms with van der Waals surface area (Å²) in [5.74, 6) is 1.16. The first kappa shape index (κ1) is 18.9. The molecular weight excluding hydrogens is 344 g/mol. The van der Waals surface area contributed by atoms with Crippen LogP contribution in [0.3, 0.4) is 0 Å². The summed E-state index contributed by atoms with van der Waals surface area (Å²) in [5, 5.41) is 6.08. The lowest BCUT2D eigenvalue weighted by molar-refractivity contribution is 0.483. The molecule has 0 aliphatic rings. The molecular formula is C15H22N6O3S. The van der Waals surface area contributed by atoms with Crippen LogP contribution >= 0.6 is 0 Å². The normalized spacial score (nSPS) is 11.2. The van der Waals surface area contributed by atoms with Crippen molar-refractivity contribution in [3.8, 4) is 0 Å². The van der Waals surface area contributed by atoms with Crippen LogP contribution in [0.15, 0.2) is 29.2 Å². The quantitative estimate of drug-likeness (QED) is 0.476. The molecule has 10 heteroatoms. The number of unbranched alkanes of at least 4 members (excludes halogenated alkanes) is 1. The molecule has 0 fully saturated rings. The van der Waals surface area contributed by atoms with Crippen molar-refractivity contribution < 1.29 is 13.0 Å². The molecule has 0 bridgehead atoms. The summed E-state index contributed by atoms with van der Waals surface area (Å²) in [6, 6.07) is 5.77. The second kappa shape index (κ2) is 8.08. The van der Waals surface area contributed by atoms with Gasteiger partial charge < -0.3 is 15.5 Å². The van der Waals surface area contributed by atoms with Crippen molar-refractivity contribution >= 4 is 33.7 Å². The molecule has 1 heterocycles. The fourth-order valence-corrected chi connectivity index (χ4v) is 2.47. The number of rotatable bonds is 8. The van der Waals surface area contributed by atoms with Crippen LogP contribution in [0.2, 0.25) is 0 Å². The Morgan fingerprint density at radius 1 is 1.16 bits per heavy atom. The first-order chi connectivity index (χ1) is 11.8. The van der Waals surface area contributed by atoms with E-state index in [4.69, 9.17) is 4.55 Å². The van der Waals surface area contributed by atoms with Gasteiger partial charge in [0, 0.05) is 26.3 Å². The second-order valence-electron chi connectivity index (χ2n) is 5.59. The van der Waals surface area contributed by atoms with Gasteiger partial charge in [-0.25, -0.2) is 0 Å². The van der Waals surface area contributed by atoms with Gasteiger partial charge in [-0.2, -0.15) is 23.4 Å². The summed E-state index contributed by atoms with van der Waals surface area (Å²) in [4.78, 5) is 14.4. The zero-order valence-electron chi connectivity index (χ0n) is 14.4. The molecule has 0 saturated carbocycles. The molecule has 0 aliphatic heterocycles. The average Bonchev–Trinajstić information content (AvgIpc) is 2.54. The highest BCUT2D eigenvalue weighted by atomic mass is 32.2. The van der Waals surface area contributed by atoms with Crippen molar-refractivity contribution in [2.75, 3.05) is 36.2 Å². The van der Waals surface area contributed by atoms with Crippen molar-refractivity contribution in [3.63, 3.8) is 0 Å². The molecule has 0 saturated heterocycles. The van der Waals surface area contributed by atoms with Crippen LogP contribution in [0.1, 0.15) is 19.8 Å². The lowest BCUT2D eigenvalue weighted by atomic mass is 10.3. The number of hydrogen-bond acceptors (Lipinski definition) is 8. The van der Waals surface area contributed by atoms with Gasteiger partial charge in [-0.3, -0.25) is 4.55 Å². The fraction of sp³-hybridized carbons (Fsp3) is 0.400. The molecule has 2 rings (SSSR count). The molecule has 0 spiro atoms. The van der Waals surface area contributed by atoms with Crippen molar-refractivity contribution in [1.82, 2.24) is 15.0 Å². The molecule has 136 valence electrons. The van der Waals surface area contributed by atoms with E-state index >= 15 is 0 Å². The van der Waals surface area contributed by atoms with Gasteiger partial charge in [0.15, 0.2) is 0 Å². The van der Waals surface area contributed by atoms with E-state index in [-0.39, 0.29) is 10.8 Å². The van der Waals surface area contributed by atoms with E-state index in [9.17, 15) is 8.42 Å². The maximum absolute atomic E-state index is 11.3. The van der Waals surface area contributed by atoms with Gasteiger partial charge in [0.05, 0.1) is 4.90 Å². The molecule has 2 aromatic rings. The zero-order valence-corrected chi connectivity index (χ0v) is 15.2. The van der Waals surface area contributed by atoms with Gasteiger partial charge >= 0.3 is 0 Å². The van der Waals surface area contributed by atoms with Crippen LogP contribution in [0.25, 0.3) is 0 Å². The standard InChI is InChI=1S/C15H22N6O3S/c1-4-5-9-16-13-18-14(20-15(19-13)21(2)3)17-11-7-6-8-12(10-11)25(22,23)24/h6-8,10H,4-5,9H2,1-3H3,(H,22,23,24)(H2,16,17,18,19,20). The van der Waals surface area contributed by atoms with E-state index in [2.05, 4.69) is 32.5 Å². The van der Waals surface area contributed by atoms with Crippen LogP contribution in [0, 0.1) is 0 Å². The Morgan fingerprint density at radius 3 is 2.52 bits per heavy atom. The SMILES string of the molecule is CCCCNc1nc(Nc2cccc(S(=O)(=O)O)c2)nc(N(C)C)n1. The maximum atomic E-state index is 11.3. The van der Waals surface area contributed by atoms with E-state index in [1.807, 2.05) is 14.1 Å². The second-order valence-corrected chi connectivity index (χ2v) is 7.01. The highest BCUT2D eigenvalue weighted by Crippen LogP contribution is 2.20. The molecule has 1 aromatic carbocycles. The summed E-state index contributed by atoms with van der Waals surface area (Å²) in [7, 11) is -0.649. The van der Waals surface area contributed by atoms with Crippen molar-refractivity contribution in [2.45, 2.75) is 24.7 Å². The predicted molar refractivity (Wildman–Crippen MR) is 97.1 cm³/mol. The van der Waals surface area contributed by atoms with Crippen molar-refractivity contribution in [1.29, 1.82) is 0 Å². The van der Waals surface area contributed by atoms with Gasteiger partial charge in [0.2, 0.25) is 17.8 Å². The molecule has 9 nitrogen and oxygen atoms in total. The first-order valence-electron chi connectivity index (χ1n) is 7.81. The van der Waals surface area contributed by atoms with E-state index in [1.54, 1.807) is 11.0 Å². The highest BCUT2D eigenvalue weighted by Gasteiger charge is 2.12.